The summed E-state index contributed by atoms with van der Waals surface area (Å²) in [6.45, 7) is 5.46. The first-order valence-electron chi connectivity index (χ1n) is 11.0. The van der Waals surface area contributed by atoms with Crippen LogP contribution in [0.25, 0.3) is 10.9 Å². The molecular formula is C26H24F3N3O4. The molecule has 36 heavy (non-hydrogen) atoms. The fourth-order valence-corrected chi connectivity index (χ4v) is 3.51. The van der Waals surface area contributed by atoms with E-state index in [4.69, 9.17) is 14.6 Å². The molecule has 0 aliphatic rings. The van der Waals surface area contributed by atoms with Crippen LogP contribution in [0.3, 0.4) is 0 Å². The van der Waals surface area contributed by atoms with Crippen LogP contribution < -0.4 is 9.64 Å². The van der Waals surface area contributed by atoms with Crippen LogP contribution in [0.2, 0.25) is 0 Å². The molecule has 188 valence electrons. The summed E-state index contributed by atoms with van der Waals surface area (Å²) in [7, 11) is 0. The van der Waals surface area contributed by atoms with Gasteiger partial charge in [-0.2, -0.15) is 13.2 Å². The summed E-state index contributed by atoms with van der Waals surface area (Å²) in [5.74, 6) is -1.38. The Bertz CT molecular complexity index is 1320. The molecule has 0 unspecified atom stereocenters. The van der Waals surface area contributed by atoms with Gasteiger partial charge in [-0.15, -0.1) is 0 Å². The van der Waals surface area contributed by atoms with Gasteiger partial charge < -0.3 is 19.3 Å². The molecule has 1 amide bonds. The molecule has 4 aromatic rings. The number of carboxylic acids is 1. The minimum Gasteiger partial charge on any atom is -0.475 e. The first kappa shape index (κ1) is 26.3. The Kier molecular flexibility index (Phi) is 8.31. The Morgan fingerprint density at radius 1 is 1.00 bits per heavy atom. The molecule has 0 aliphatic carbocycles. The van der Waals surface area contributed by atoms with E-state index in [1.54, 1.807) is 17.3 Å². The van der Waals surface area contributed by atoms with Gasteiger partial charge in [0.25, 0.3) is 5.91 Å². The largest absolute Gasteiger partial charge is 0.490 e. The van der Waals surface area contributed by atoms with Crippen LogP contribution in [-0.2, 0) is 11.3 Å². The topological polar surface area (TPSA) is 84.7 Å². The number of pyridine rings is 1. The van der Waals surface area contributed by atoms with Crippen LogP contribution in [0.4, 0.5) is 18.9 Å². The number of ether oxygens (including phenoxy) is 1. The number of anilines is 1. The highest BCUT2D eigenvalue weighted by Crippen LogP contribution is 2.27. The van der Waals surface area contributed by atoms with E-state index in [0.717, 1.165) is 28.7 Å². The lowest BCUT2D eigenvalue weighted by Gasteiger charge is -2.21. The molecule has 0 fully saturated rings. The number of amides is 1. The number of carboxylic acid groups (broad SMARTS) is 1. The van der Waals surface area contributed by atoms with Crippen LogP contribution in [0.15, 0.2) is 79.3 Å². The van der Waals surface area contributed by atoms with Gasteiger partial charge in [-0.1, -0.05) is 18.2 Å². The number of hydrogen-bond acceptors (Lipinski definition) is 4. The number of carbonyl (C=O) groups is 2. The summed E-state index contributed by atoms with van der Waals surface area (Å²) in [6, 6.07) is 19.3. The molecule has 0 atom stereocenters. The third-order valence-electron chi connectivity index (χ3n) is 5.18. The molecule has 0 saturated carbocycles. The molecule has 2 heterocycles. The van der Waals surface area contributed by atoms with Crippen molar-refractivity contribution in [1.82, 2.24) is 9.55 Å². The fraction of sp³-hybridized carbons (Fsp3) is 0.192. The van der Waals surface area contributed by atoms with Gasteiger partial charge in [0.1, 0.15) is 11.5 Å². The predicted octanol–water partition coefficient (Wildman–Crippen LogP) is 6.15. The number of para-hydroxylation sites is 1. The van der Waals surface area contributed by atoms with Gasteiger partial charge in [0.2, 0.25) is 0 Å². The summed E-state index contributed by atoms with van der Waals surface area (Å²) in [6.07, 6.45) is 0.241. The predicted molar refractivity (Wildman–Crippen MR) is 129 cm³/mol. The quantitative estimate of drug-likeness (QED) is 0.344. The molecule has 7 nitrogen and oxygen atoms in total. The first-order chi connectivity index (χ1) is 17.2. The summed E-state index contributed by atoms with van der Waals surface area (Å²) < 4.78 is 39.6. The van der Waals surface area contributed by atoms with Gasteiger partial charge >= 0.3 is 12.1 Å². The maximum absolute atomic E-state index is 13.4. The Morgan fingerprint density at radius 3 is 2.22 bits per heavy atom. The van der Waals surface area contributed by atoms with E-state index >= 15 is 0 Å². The normalized spacial score (nSPS) is 10.9. The molecule has 10 heteroatoms. The van der Waals surface area contributed by atoms with E-state index in [-0.39, 0.29) is 5.91 Å². The molecule has 2 aromatic heterocycles. The molecule has 2 aromatic carbocycles. The van der Waals surface area contributed by atoms with Gasteiger partial charge in [-0.05, 0) is 56.3 Å². The number of aliphatic carboxylic acids is 1. The SMILES string of the molecule is CCN(C(=O)c1cn(CC)c2ccccc12)c1ccc(Oc2cccnc2)cc1.O=C(O)C(F)(F)F. The van der Waals surface area contributed by atoms with Gasteiger partial charge in [0.05, 0.1) is 11.8 Å². The van der Waals surface area contributed by atoms with E-state index in [1.807, 2.05) is 67.7 Å². The zero-order valence-electron chi connectivity index (χ0n) is 19.6. The lowest BCUT2D eigenvalue weighted by atomic mass is 10.1. The third-order valence-corrected chi connectivity index (χ3v) is 5.18. The fourth-order valence-electron chi connectivity index (χ4n) is 3.51. The van der Waals surface area contributed by atoms with Crippen LogP contribution in [0.1, 0.15) is 24.2 Å². The Labute approximate surface area is 205 Å². The molecule has 0 aliphatic heterocycles. The summed E-state index contributed by atoms with van der Waals surface area (Å²) in [5.41, 5.74) is 2.64. The van der Waals surface area contributed by atoms with Gasteiger partial charge in [-0.25, -0.2) is 4.79 Å². The van der Waals surface area contributed by atoms with Crippen LogP contribution in [0, 0.1) is 0 Å². The number of halogens is 3. The van der Waals surface area contributed by atoms with Crippen molar-refractivity contribution in [2.75, 3.05) is 11.4 Å². The van der Waals surface area contributed by atoms with E-state index in [2.05, 4.69) is 22.5 Å². The number of carbonyl (C=O) groups excluding carboxylic acids is 1. The number of aromatic nitrogens is 2. The standard InChI is InChI=1S/C24H23N3O2.C2HF3O2/c1-3-26-17-22(21-9-5-6-10-23(21)26)24(28)27(4-2)18-11-13-19(14-12-18)29-20-8-7-15-25-16-20;3-2(4,5)1(6)7/h5-17H,3-4H2,1-2H3;(H,6,7). The third kappa shape index (κ3) is 6.21. The molecule has 0 bridgehead atoms. The zero-order valence-corrected chi connectivity index (χ0v) is 19.6. The number of aryl methyl sites for hydroxylation is 1. The van der Waals surface area contributed by atoms with Crippen molar-refractivity contribution in [3.8, 4) is 11.5 Å². The molecule has 0 radical (unpaired) electrons. The number of hydrogen-bond donors (Lipinski definition) is 1. The molecule has 0 spiro atoms. The highest BCUT2D eigenvalue weighted by molar-refractivity contribution is 6.14. The first-order valence-corrected chi connectivity index (χ1v) is 11.0. The van der Waals surface area contributed by atoms with Gasteiger partial charge in [-0.3, -0.25) is 9.78 Å². The number of nitrogens with zero attached hydrogens (tertiary/aromatic N) is 3. The second-order valence-electron chi connectivity index (χ2n) is 7.48. The maximum atomic E-state index is 13.4. The van der Waals surface area contributed by atoms with Crippen molar-refractivity contribution >= 4 is 28.5 Å². The Balaban J connectivity index is 0.000000454. The minimum absolute atomic E-state index is 0.00294. The van der Waals surface area contributed by atoms with E-state index < -0.39 is 12.1 Å². The van der Waals surface area contributed by atoms with Crippen molar-refractivity contribution in [2.24, 2.45) is 0 Å². The summed E-state index contributed by atoms with van der Waals surface area (Å²) >= 11 is 0. The average Bonchev–Trinajstić information content (AvgIpc) is 3.25. The lowest BCUT2D eigenvalue weighted by molar-refractivity contribution is -0.192. The van der Waals surface area contributed by atoms with Crippen LogP contribution in [0.5, 0.6) is 11.5 Å². The molecule has 4 rings (SSSR count). The lowest BCUT2D eigenvalue weighted by Crippen LogP contribution is -2.30. The average molecular weight is 499 g/mol. The molecule has 0 saturated heterocycles. The number of fused-ring (bicyclic) bond motifs is 1. The summed E-state index contributed by atoms with van der Waals surface area (Å²) in [4.78, 5) is 28.1. The number of benzene rings is 2. The van der Waals surface area contributed by atoms with Crippen molar-refractivity contribution in [2.45, 2.75) is 26.6 Å². The van der Waals surface area contributed by atoms with Gasteiger partial charge in [0, 0.05) is 42.1 Å². The smallest absolute Gasteiger partial charge is 0.475 e. The summed E-state index contributed by atoms with van der Waals surface area (Å²) in [5, 5.41) is 8.11. The van der Waals surface area contributed by atoms with Crippen LogP contribution in [-0.4, -0.2) is 39.3 Å². The Hall–Kier alpha value is -4.34. The number of alkyl halides is 3. The molecule has 1 N–H and O–H groups in total. The van der Waals surface area contributed by atoms with Crippen LogP contribution >= 0.6 is 0 Å². The Morgan fingerprint density at radius 2 is 1.67 bits per heavy atom. The van der Waals surface area contributed by atoms with Crippen molar-refractivity contribution in [3.63, 3.8) is 0 Å². The van der Waals surface area contributed by atoms with Gasteiger partial charge in [0.15, 0.2) is 0 Å². The zero-order chi connectivity index (χ0) is 26.3. The van der Waals surface area contributed by atoms with E-state index in [0.29, 0.717) is 18.0 Å². The monoisotopic (exact) mass is 499 g/mol. The second kappa shape index (κ2) is 11.4. The van der Waals surface area contributed by atoms with Crippen molar-refractivity contribution in [3.05, 3.63) is 84.8 Å². The maximum Gasteiger partial charge on any atom is 0.490 e. The minimum atomic E-state index is -5.08. The van der Waals surface area contributed by atoms with Crippen molar-refractivity contribution < 1.29 is 32.6 Å². The highest BCUT2D eigenvalue weighted by Gasteiger charge is 2.38. The second-order valence-corrected chi connectivity index (χ2v) is 7.48. The molecular weight excluding hydrogens is 475 g/mol. The van der Waals surface area contributed by atoms with E-state index in [9.17, 15) is 18.0 Å². The van der Waals surface area contributed by atoms with E-state index in [1.165, 1.54) is 0 Å². The highest BCUT2D eigenvalue weighted by atomic mass is 19.4. The van der Waals surface area contributed by atoms with Crippen molar-refractivity contribution in [1.29, 1.82) is 0 Å². The number of rotatable bonds is 6.